The highest BCUT2D eigenvalue weighted by atomic mass is 16.5. The monoisotopic (exact) mass is 242 g/mol. The van der Waals surface area contributed by atoms with E-state index in [0.717, 1.165) is 32.8 Å². The van der Waals surface area contributed by atoms with Gasteiger partial charge in [-0.15, -0.1) is 0 Å². The molecule has 1 aliphatic rings. The number of hydrogen-bond acceptors (Lipinski definition) is 3. The molecule has 0 radical (unpaired) electrons. The second-order valence-corrected chi connectivity index (χ2v) is 7.05. The standard InChI is InChI=1S/C14H30N2O/c1-12(9-15-13(2,3)4)10-16-7-8-17-11-14(16,5)6/h12,15H,7-11H2,1-6H3. The first-order valence-corrected chi connectivity index (χ1v) is 6.78. The van der Waals surface area contributed by atoms with Gasteiger partial charge in [0.1, 0.15) is 0 Å². The van der Waals surface area contributed by atoms with Crippen molar-refractivity contribution >= 4 is 0 Å². The Morgan fingerprint density at radius 2 is 2.00 bits per heavy atom. The maximum Gasteiger partial charge on any atom is 0.0645 e. The van der Waals surface area contributed by atoms with Gasteiger partial charge in [0.25, 0.3) is 0 Å². The lowest BCUT2D eigenvalue weighted by molar-refractivity contribution is -0.0563. The van der Waals surface area contributed by atoms with Gasteiger partial charge in [-0.1, -0.05) is 6.92 Å². The molecule has 0 spiro atoms. The fourth-order valence-electron chi connectivity index (χ4n) is 2.15. The van der Waals surface area contributed by atoms with E-state index in [-0.39, 0.29) is 11.1 Å². The zero-order valence-electron chi connectivity index (χ0n) is 12.5. The van der Waals surface area contributed by atoms with Crippen molar-refractivity contribution in [3.8, 4) is 0 Å². The molecule has 1 fully saturated rings. The number of nitrogens with one attached hydrogen (secondary N) is 1. The molecule has 1 saturated heterocycles. The van der Waals surface area contributed by atoms with Crippen LogP contribution in [0.2, 0.25) is 0 Å². The van der Waals surface area contributed by atoms with Gasteiger partial charge in [-0.3, -0.25) is 4.90 Å². The Balaban J connectivity index is 2.37. The molecule has 0 saturated carbocycles. The van der Waals surface area contributed by atoms with Gasteiger partial charge >= 0.3 is 0 Å². The predicted octanol–water partition coefficient (Wildman–Crippen LogP) is 2.12. The van der Waals surface area contributed by atoms with E-state index in [9.17, 15) is 0 Å². The lowest BCUT2D eigenvalue weighted by Gasteiger charge is -2.43. The van der Waals surface area contributed by atoms with Crippen molar-refractivity contribution in [1.29, 1.82) is 0 Å². The van der Waals surface area contributed by atoms with Crippen LogP contribution in [0.3, 0.4) is 0 Å². The fourth-order valence-corrected chi connectivity index (χ4v) is 2.15. The Kier molecular flexibility index (Phi) is 4.99. The van der Waals surface area contributed by atoms with Gasteiger partial charge in [0, 0.05) is 24.2 Å². The third-order valence-corrected chi connectivity index (χ3v) is 3.33. The molecular weight excluding hydrogens is 212 g/mol. The number of hydrogen-bond donors (Lipinski definition) is 1. The Morgan fingerprint density at radius 1 is 1.35 bits per heavy atom. The van der Waals surface area contributed by atoms with Crippen molar-refractivity contribution in [2.45, 2.75) is 52.6 Å². The summed E-state index contributed by atoms with van der Waals surface area (Å²) in [7, 11) is 0. The molecule has 1 unspecified atom stereocenters. The lowest BCUT2D eigenvalue weighted by atomic mass is 9.99. The minimum atomic E-state index is 0.189. The topological polar surface area (TPSA) is 24.5 Å². The third-order valence-electron chi connectivity index (χ3n) is 3.33. The summed E-state index contributed by atoms with van der Waals surface area (Å²) in [4.78, 5) is 2.56. The summed E-state index contributed by atoms with van der Waals surface area (Å²) in [6.07, 6.45) is 0. The summed E-state index contributed by atoms with van der Waals surface area (Å²) in [5.41, 5.74) is 0.406. The van der Waals surface area contributed by atoms with E-state index in [4.69, 9.17) is 4.74 Å². The molecule has 1 aliphatic heterocycles. The minimum absolute atomic E-state index is 0.189. The molecule has 3 nitrogen and oxygen atoms in total. The third kappa shape index (κ3) is 5.36. The Labute approximate surface area is 107 Å². The van der Waals surface area contributed by atoms with Gasteiger partial charge in [-0.2, -0.15) is 0 Å². The molecule has 0 aromatic carbocycles. The molecule has 0 aliphatic carbocycles. The van der Waals surface area contributed by atoms with Crippen molar-refractivity contribution in [3.63, 3.8) is 0 Å². The van der Waals surface area contributed by atoms with Gasteiger partial charge in [-0.25, -0.2) is 0 Å². The maximum atomic E-state index is 5.55. The lowest BCUT2D eigenvalue weighted by Crippen LogP contribution is -2.55. The molecule has 0 amide bonds. The van der Waals surface area contributed by atoms with Crippen molar-refractivity contribution in [2.24, 2.45) is 5.92 Å². The average Bonchev–Trinajstić information content (AvgIpc) is 2.17. The van der Waals surface area contributed by atoms with Crippen LogP contribution in [0.15, 0.2) is 0 Å². The van der Waals surface area contributed by atoms with Crippen molar-refractivity contribution in [2.75, 3.05) is 32.8 Å². The van der Waals surface area contributed by atoms with E-state index in [0.29, 0.717) is 5.92 Å². The normalized spacial score (nSPS) is 23.6. The van der Waals surface area contributed by atoms with Crippen LogP contribution in [0.1, 0.15) is 41.5 Å². The summed E-state index contributed by atoms with van der Waals surface area (Å²) < 4.78 is 5.55. The van der Waals surface area contributed by atoms with Crippen LogP contribution < -0.4 is 5.32 Å². The molecule has 3 heteroatoms. The summed E-state index contributed by atoms with van der Waals surface area (Å²) in [6, 6.07) is 0. The quantitative estimate of drug-likeness (QED) is 0.817. The Bertz CT molecular complexity index is 233. The van der Waals surface area contributed by atoms with E-state index in [1.165, 1.54) is 0 Å². The van der Waals surface area contributed by atoms with Crippen molar-refractivity contribution in [3.05, 3.63) is 0 Å². The van der Waals surface area contributed by atoms with Crippen LogP contribution in [-0.2, 0) is 4.74 Å². The Hall–Kier alpha value is -0.120. The fraction of sp³-hybridized carbons (Fsp3) is 1.00. The highest BCUT2D eigenvalue weighted by molar-refractivity contribution is 4.85. The number of rotatable bonds is 4. The number of morpholine rings is 1. The number of nitrogens with zero attached hydrogens (tertiary/aromatic N) is 1. The van der Waals surface area contributed by atoms with E-state index in [1.54, 1.807) is 0 Å². The second kappa shape index (κ2) is 5.68. The highest BCUT2D eigenvalue weighted by Gasteiger charge is 2.31. The van der Waals surface area contributed by atoms with Crippen molar-refractivity contribution < 1.29 is 4.74 Å². The molecule has 1 heterocycles. The summed E-state index contributed by atoms with van der Waals surface area (Å²) in [6.45, 7) is 18.6. The van der Waals surface area contributed by atoms with Gasteiger partial charge in [0.15, 0.2) is 0 Å². The SMILES string of the molecule is CC(CNC(C)(C)C)CN1CCOCC1(C)C. The molecule has 1 atom stereocenters. The summed E-state index contributed by atoms with van der Waals surface area (Å²) in [5.74, 6) is 0.673. The average molecular weight is 242 g/mol. The summed E-state index contributed by atoms with van der Waals surface area (Å²) in [5, 5.41) is 3.58. The molecule has 0 aromatic rings. The van der Waals surface area contributed by atoms with Crippen LogP contribution >= 0.6 is 0 Å². The largest absolute Gasteiger partial charge is 0.378 e. The van der Waals surface area contributed by atoms with E-state index >= 15 is 0 Å². The molecule has 1 rings (SSSR count). The van der Waals surface area contributed by atoms with Gasteiger partial charge < -0.3 is 10.1 Å². The van der Waals surface area contributed by atoms with Crippen LogP contribution in [0.25, 0.3) is 0 Å². The van der Waals surface area contributed by atoms with E-state index < -0.39 is 0 Å². The highest BCUT2D eigenvalue weighted by Crippen LogP contribution is 2.20. The smallest absolute Gasteiger partial charge is 0.0645 e. The predicted molar refractivity (Wildman–Crippen MR) is 73.4 cm³/mol. The molecular formula is C14H30N2O. The molecule has 0 bridgehead atoms. The first kappa shape index (κ1) is 14.9. The number of ether oxygens (including phenoxy) is 1. The summed E-state index contributed by atoms with van der Waals surface area (Å²) >= 11 is 0. The zero-order chi connectivity index (χ0) is 13.1. The van der Waals surface area contributed by atoms with Crippen molar-refractivity contribution in [1.82, 2.24) is 10.2 Å². The van der Waals surface area contributed by atoms with E-state index in [2.05, 4.69) is 51.8 Å². The maximum absolute atomic E-state index is 5.55. The first-order chi connectivity index (χ1) is 7.71. The van der Waals surface area contributed by atoms with Crippen LogP contribution in [-0.4, -0.2) is 48.8 Å². The molecule has 102 valence electrons. The Morgan fingerprint density at radius 3 is 2.53 bits per heavy atom. The van der Waals surface area contributed by atoms with Crippen LogP contribution in [0.4, 0.5) is 0 Å². The molecule has 17 heavy (non-hydrogen) atoms. The second-order valence-electron chi connectivity index (χ2n) is 7.05. The van der Waals surface area contributed by atoms with Crippen LogP contribution in [0.5, 0.6) is 0 Å². The molecule has 1 N–H and O–H groups in total. The van der Waals surface area contributed by atoms with Crippen LogP contribution in [0, 0.1) is 5.92 Å². The first-order valence-electron chi connectivity index (χ1n) is 6.78. The van der Waals surface area contributed by atoms with Gasteiger partial charge in [0.05, 0.1) is 13.2 Å². The zero-order valence-corrected chi connectivity index (χ0v) is 12.5. The van der Waals surface area contributed by atoms with E-state index in [1.807, 2.05) is 0 Å². The minimum Gasteiger partial charge on any atom is -0.378 e. The van der Waals surface area contributed by atoms with Gasteiger partial charge in [0.2, 0.25) is 0 Å². The molecule has 0 aromatic heterocycles. The van der Waals surface area contributed by atoms with Gasteiger partial charge in [-0.05, 0) is 47.1 Å².